The van der Waals surface area contributed by atoms with Crippen molar-refractivity contribution in [3.8, 4) is 11.8 Å². The number of aromatic nitrogens is 1. The van der Waals surface area contributed by atoms with Crippen LogP contribution in [0.2, 0.25) is 0 Å². The van der Waals surface area contributed by atoms with Crippen molar-refractivity contribution in [2.75, 3.05) is 13.2 Å². The zero-order valence-corrected chi connectivity index (χ0v) is 8.69. The van der Waals surface area contributed by atoms with Crippen LogP contribution in [0.5, 0.6) is 11.8 Å². The molecule has 5 heteroatoms. The summed E-state index contributed by atoms with van der Waals surface area (Å²) in [7, 11) is 0. The van der Waals surface area contributed by atoms with Crippen molar-refractivity contribution >= 4 is 5.97 Å². The molecule has 1 rings (SSSR count). The molecule has 0 aliphatic carbocycles. The van der Waals surface area contributed by atoms with Crippen LogP contribution in [0.4, 0.5) is 0 Å². The molecule has 15 heavy (non-hydrogen) atoms. The average Bonchev–Trinajstić information content (AvgIpc) is 2.18. The number of nitrogens with zero attached hydrogens (tertiary/aromatic N) is 1. The number of carbonyl (C=O) groups is 1. The highest BCUT2D eigenvalue weighted by molar-refractivity contribution is 5.88. The van der Waals surface area contributed by atoms with E-state index in [0.717, 1.165) is 0 Å². The standard InChI is InChI=1S/C10H13NO4/c1-3-14-8-5-7(10(12)13)6-9(11-8)15-4-2/h5-6H,3-4H2,1-2H3,(H,12,13). The summed E-state index contributed by atoms with van der Waals surface area (Å²) in [5.74, 6) is -0.499. The van der Waals surface area contributed by atoms with Crippen LogP contribution in [0.25, 0.3) is 0 Å². The predicted molar refractivity (Wildman–Crippen MR) is 53.5 cm³/mol. The van der Waals surface area contributed by atoms with Crippen molar-refractivity contribution in [1.82, 2.24) is 4.98 Å². The summed E-state index contributed by atoms with van der Waals surface area (Å²) in [6.45, 7) is 4.47. The zero-order chi connectivity index (χ0) is 11.3. The monoisotopic (exact) mass is 211 g/mol. The molecule has 0 aromatic carbocycles. The first-order chi connectivity index (χ1) is 7.17. The molecule has 0 atom stereocenters. The van der Waals surface area contributed by atoms with E-state index in [1.54, 1.807) is 13.8 Å². The molecular formula is C10H13NO4. The molecule has 0 bridgehead atoms. The van der Waals surface area contributed by atoms with Gasteiger partial charge in [-0.15, -0.1) is 0 Å². The average molecular weight is 211 g/mol. The number of rotatable bonds is 5. The maximum atomic E-state index is 10.8. The summed E-state index contributed by atoms with van der Waals surface area (Å²) in [4.78, 5) is 14.8. The highest BCUT2D eigenvalue weighted by Gasteiger charge is 2.09. The van der Waals surface area contributed by atoms with Gasteiger partial charge in [0.05, 0.1) is 18.8 Å². The molecule has 1 aromatic heterocycles. The van der Waals surface area contributed by atoms with Crippen LogP contribution in [-0.4, -0.2) is 29.3 Å². The van der Waals surface area contributed by atoms with Crippen molar-refractivity contribution in [2.24, 2.45) is 0 Å². The molecule has 0 spiro atoms. The van der Waals surface area contributed by atoms with Gasteiger partial charge in [0.2, 0.25) is 11.8 Å². The Kier molecular flexibility index (Phi) is 3.91. The van der Waals surface area contributed by atoms with Crippen LogP contribution >= 0.6 is 0 Å². The Morgan fingerprint density at radius 3 is 2.07 bits per heavy atom. The van der Waals surface area contributed by atoms with Gasteiger partial charge in [-0.05, 0) is 13.8 Å². The second-order valence-electron chi connectivity index (χ2n) is 2.70. The first-order valence-electron chi connectivity index (χ1n) is 4.68. The third-order valence-electron chi connectivity index (χ3n) is 1.61. The summed E-state index contributed by atoms with van der Waals surface area (Å²) in [6.07, 6.45) is 0. The van der Waals surface area contributed by atoms with E-state index in [4.69, 9.17) is 14.6 Å². The van der Waals surface area contributed by atoms with Crippen LogP contribution in [0.15, 0.2) is 12.1 Å². The number of carboxylic acid groups (broad SMARTS) is 1. The summed E-state index contributed by atoms with van der Waals surface area (Å²) in [5, 5.41) is 8.83. The summed E-state index contributed by atoms with van der Waals surface area (Å²) < 4.78 is 10.3. The fourth-order valence-electron chi connectivity index (χ4n) is 1.05. The van der Waals surface area contributed by atoms with E-state index >= 15 is 0 Å². The SMILES string of the molecule is CCOc1cc(C(=O)O)cc(OCC)n1. The van der Waals surface area contributed by atoms with Crippen molar-refractivity contribution in [2.45, 2.75) is 13.8 Å². The zero-order valence-electron chi connectivity index (χ0n) is 8.69. The molecule has 1 N–H and O–H groups in total. The predicted octanol–water partition coefficient (Wildman–Crippen LogP) is 1.58. The van der Waals surface area contributed by atoms with Gasteiger partial charge in [0.25, 0.3) is 0 Å². The van der Waals surface area contributed by atoms with E-state index in [0.29, 0.717) is 13.2 Å². The normalized spacial score (nSPS) is 9.73. The lowest BCUT2D eigenvalue weighted by Crippen LogP contribution is -2.03. The van der Waals surface area contributed by atoms with Crippen LogP contribution in [-0.2, 0) is 0 Å². The van der Waals surface area contributed by atoms with Gasteiger partial charge >= 0.3 is 5.97 Å². The first kappa shape index (κ1) is 11.3. The minimum Gasteiger partial charge on any atom is -0.478 e. The Morgan fingerprint density at radius 1 is 1.27 bits per heavy atom. The van der Waals surface area contributed by atoms with Crippen LogP contribution in [0.3, 0.4) is 0 Å². The molecule has 5 nitrogen and oxygen atoms in total. The molecule has 0 saturated heterocycles. The Bertz CT molecular complexity index is 327. The molecule has 0 saturated carbocycles. The molecule has 0 unspecified atom stereocenters. The van der Waals surface area contributed by atoms with E-state index in [2.05, 4.69) is 4.98 Å². The van der Waals surface area contributed by atoms with Gasteiger partial charge in [-0.25, -0.2) is 4.79 Å². The highest BCUT2D eigenvalue weighted by Crippen LogP contribution is 2.18. The Morgan fingerprint density at radius 2 is 1.73 bits per heavy atom. The van der Waals surface area contributed by atoms with Crippen LogP contribution < -0.4 is 9.47 Å². The molecule has 1 aromatic rings. The lowest BCUT2D eigenvalue weighted by molar-refractivity contribution is 0.0695. The minimum atomic E-state index is -1.03. The van der Waals surface area contributed by atoms with Crippen molar-refractivity contribution in [1.29, 1.82) is 0 Å². The molecule has 0 aliphatic heterocycles. The second kappa shape index (κ2) is 5.19. The van der Waals surface area contributed by atoms with Gasteiger partial charge in [-0.3, -0.25) is 0 Å². The van der Waals surface area contributed by atoms with Gasteiger partial charge in [0.15, 0.2) is 0 Å². The maximum absolute atomic E-state index is 10.8. The number of pyridine rings is 1. The first-order valence-corrected chi connectivity index (χ1v) is 4.68. The third-order valence-corrected chi connectivity index (χ3v) is 1.61. The van der Waals surface area contributed by atoms with E-state index in [-0.39, 0.29) is 17.3 Å². The molecule has 1 heterocycles. The van der Waals surface area contributed by atoms with Gasteiger partial charge in [-0.2, -0.15) is 4.98 Å². The largest absolute Gasteiger partial charge is 0.478 e. The fraction of sp³-hybridized carbons (Fsp3) is 0.400. The van der Waals surface area contributed by atoms with Gasteiger partial charge < -0.3 is 14.6 Å². The quantitative estimate of drug-likeness (QED) is 0.800. The van der Waals surface area contributed by atoms with E-state index < -0.39 is 5.97 Å². The summed E-state index contributed by atoms with van der Waals surface area (Å²) in [5.41, 5.74) is 0.108. The summed E-state index contributed by atoms with van der Waals surface area (Å²) in [6, 6.07) is 2.74. The number of ether oxygens (including phenoxy) is 2. The number of aromatic carboxylic acids is 1. The minimum absolute atomic E-state index is 0.108. The number of hydrogen-bond donors (Lipinski definition) is 1. The van der Waals surface area contributed by atoms with Crippen molar-refractivity contribution in [3.63, 3.8) is 0 Å². The fourth-order valence-corrected chi connectivity index (χ4v) is 1.05. The van der Waals surface area contributed by atoms with Crippen molar-refractivity contribution in [3.05, 3.63) is 17.7 Å². The second-order valence-corrected chi connectivity index (χ2v) is 2.70. The van der Waals surface area contributed by atoms with Crippen molar-refractivity contribution < 1.29 is 19.4 Å². The number of carboxylic acids is 1. The highest BCUT2D eigenvalue weighted by atomic mass is 16.5. The molecule has 0 fully saturated rings. The van der Waals surface area contributed by atoms with Crippen LogP contribution in [0, 0.1) is 0 Å². The smallest absolute Gasteiger partial charge is 0.336 e. The maximum Gasteiger partial charge on any atom is 0.336 e. The molecular weight excluding hydrogens is 198 g/mol. The number of hydrogen-bond acceptors (Lipinski definition) is 4. The topological polar surface area (TPSA) is 68.7 Å². The Balaban J connectivity index is 3.02. The van der Waals surface area contributed by atoms with Gasteiger partial charge in [-0.1, -0.05) is 0 Å². The lowest BCUT2D eigenvalue weighted by atomic mass is 10.2. The third kappa shape index (κ3) is 3.12. The van der Waals surface area contributed by atoms with Crippen LogP contribution in [0.1, 0.15) is 24.2 Å². The van der Waals surface area contributed by atoms with Gasteiger partial charge in [0.1, 0.15) is 0 Å². The van der Waals surface area contributed by atoms with E-state index in [9.17, 15) is 4.79 Å². The lowest BCUT2D eigenvalue weighted by Gasteiger charge is -2.07. The molecule has 0 amide bonds. The molecule has 0 radical (unpaired) electrons. The Hall–Kier alpha value is -1.78. The van der Waals surface area contributed by atoms with E-state index in [1.807, 2.05) is 0 Å². The summed E-state index contributed by atoms with van der Waals surface area (Å²) >= 11 is 0. The molecule has 82 valence electrons. The van der Waals surface area contributed by atoms with Gasteiger partial charge in [0, 0.05) is 12.1 Å². The molecule has 0 aliphatic rings. The Labute approximate surface area is 87.7 Å². The van der Waals surface area contributed by atoms with E-state index in [1.165, 1.54) is 12.1 Å².